The summed E-state index contributed by atoms with van der Waals surface area (Å²) in [5, 5.41) is 2.88. The van der Waals surface area contributed by atoms with Crippen LogP contribution in [0.25, 0.3) is 6.08 Å². The highest BCUT2D eigenvalue weighted by Crippen LogP contribution is 2.19. The average Bonchev–Trinajstić information content (AvgIpc) is 2.66. The molecular weight excluding hydrogens is 330 g/mol. The molecule has 0 aliphatic carbocycles. The van der Waals surface area contributed by atoms with Crippen molar-refractivity contribution in [2.24, 2.45) is 0 Å². The van der Waals surface area contributed by atoms with Crippen molar-refractivity contribution in [3.63, 3.8) is 0 Å². The molecule has 0 bridgehead atoms. The van der Waals surface area contributed by atoms with Gasteiger partial charge in [-0.1, -0.05) is 25.1 Å². The zero-order chi connectivity index (χ0) is 18.8. The molecule has 1 saturated heterocycles. The fraction of sp³-hybridized carbons (Fsp3) is 0.500. The zero-order valence-corrected chi connectivity index (χ0v) is 15.7. The summed E-state index contributed by atoms with van der Waals surface area (Å²) in [5.41, 5.74) is 0.897. The van der Waals surface area contributed by atoms with Crippen molar-refractivity contribution in [3.05, 3.63) is 35.9 Å². The first kappa shape index (κ1) is 20.0. The maximum atomic E-state index is 12.4. The van der Waals surface area contributed by atoms with Gasteiger partial charge < -0.3 is 15.0 Å². The van der Waals surface area contributed by atoms with Gasteiger partial charge in [-0.05, 0) is 25.5 Å². The second-order valence-corrected chi connectivity index (χ2v) is 6.26. The molecule has 1 aliphatic rings. The number of amides is 2. The monoisotopic (exact) mass is 359 g/mol. The molecule has 1 N–H and O–H groups in total. The van der Waals surface area contributed by atoms with E-state index < -0.39 is 0 Å². The lowest BCUT2D eigenvalue weighted by Gasteiger charge is -2.33. The fourth-order valence-electron chi connectivity index (χ4n) is 2.82. The van der Waals surface area contributed by atoms with E-state index in [4.69, 9.17) is 4.74 Å². The van der Waals surface area contributed by atoms with Crippen LogP contribution in [0.4, 0.5) is 0 Å². The molecule has 0 atom stereocenters. The molecule has 0 spiro atoms. The first-order valence-corrected chi connectivity index (χ1v) is 9.32. The number of nitrogens with one attached hydrogen (secondary N) is 1. The number of hydrogen-bond acceptors (Lipinski definition) is 4. The average molecular weight is 359 g/mol. The smallest absolute Gasteiger partial charge is 0.246 e. The summed E-state index contributed by atoms with van der Waals surface area (Å²) in [6, 6.07) is 7.67. The van der Waals surface area contributed by atoms with Gasteiger partial charge in [0.2, 0.25) is 11.8 Å². The standard InChI is InChI=1S/C20H29N3O3/c1-3-11-21-19(24)16-22-12-14-23(15-13-22)20(25)10-9-17-7-5-6-8-18(17)26-4-2/h5-10H,3-4,11-16H2,1-2H3,(H,21,24)/b10-9+. The Bertz CT molecular complexity index is 622. The van der Waals surface area contributed by atoms with E-state index in [1.165, 1.54) is 0 Å². The van der Waals surface area contributed by atoms with Gasteiger partial charge in [0, 0.05) is 44.4 Å². The van der Waals surface area contributed by atoms with Crippen LogP contribution in [0.15, 0.2) is 30.3 Å². The number of para-hydroxylation sites is 1. The van der Waals surface area contributed by atoms with E-state index in [1.54, 1.807) is 12.2 Å². The lowest BCUT2D eigenvalue weighted by atomic mass is 10.2. The number of hydrogen-bond donors (Lipinski definition) is 1. The van der Waals surface area contributed by atoms with Crippen LogP contribution in [0, 0.1) is 0 Å². The molecule has 1 fully saturated rings. The number of carbonyl (C=O) groups is 2. The molecule has 0 unspecified atom stereocenters. The molecule has 2 amide bonds. The summed E-state index contributed by atoms with van der Waals surface area (Å²) in [6.07, 6.45) is 4.34. The third-order valence-electron chi connectivity index (χ3n) is 4.25. The molecular formula is C20H29N3O3. The van der Waals surface area contributed by atoms with Gasteiger partial charge in [0.1, 0.15) is 5.75 Å². The van der Waals surface area contributed by atoms with Crippen LogP contribution in [-0.4, -0.2) is 67.5 Å². The molecule has 26 heavy (non-hydrogen) atoms. The summed E-state index contributed by atoms with van der Waals surface area (Å²) in [4.78, 5) is 28.1. The fourth-order valence-corrected chi connectivity index (χ4v) is 2.82. The van der Waals surface area contributed by atoms with E-state index in [-0.39, 0.29) is 11.8 Å². The Morgan fingerprint density at radius 3 is 2.58 bits per heavy atom. The first-order chi connectivity index (χ1) is 12.6. The van der Waals surface area contributed by atoms with Gasteiger partial charge >= 0.3 is 0 Å². The maximum Gasteiger partial charge on any atom is 0.246 e. The SMILES string of the molecule is CCCNC(=O)CN1CCN(C(=O)/C=C/c2ccccc2OCC)CC1. The third kappa shape index (κ3) is 6.19. The normalized spacial score (nSPS) is 15.2. The van der Waals surface area contributed by atoms with Crippen LogP contribution in [0.3, 0.4) is 0 Å². The second kappa shape index (κ2) is 10.6. The minimum absolute atomic E-state index is 0.00798. The summed E-state index contributed by atoms with van der Waals surface area (Å²) in [5.74, 6) is 0.826. The number of nitrogens with zero attached hydrogens (tertiary/aromatic N) is 2. The number of ether oxygens (including phenoxy) is 1. The van der Waals surface area contributed by atoms with Gasteiger partial charge in [-0.15, -0.1) is 0 Å². The van der Waals surface area contributed by atoms with Crippen molar-refractivity contribution in [2.45, 2.75) is 20.3 Å². The summed E-state index contributed by atoms with van der Waals surface area (Å²) >= 11 is 0. The van der Waals surface area contributed by atoms with Gasteiger partial charge in [0.15, 0.2) is 0 Å². The van der Waals surface area contributed by atoms with E-state index in [9.17, 15) is 9.59 Å². The Morgan fingerprint density at radius 1 is 1.15 bits per heavy atom. The van der Waals surface area contributed by atoms with Gasteiger partial charge in [-0.25, -0.2) is 0 Å². The lowest BCUT2D eigenvalue weighted by molar-refractivity contribution is -0.128. The van der Waals surface area contributed by atoms with E-state index in [0.29, 0.717) is 45.9 Å². The number of benzene rings is 1. The highest BCUT2D eigenvalue weighted by Gasteiger charge is 2.21. The van der Waals surface area contributed by atoms with Crippen molar-refractivity contribution >= 4 is 17.9 Å². The highest BCUT2D eigenvalue weighted by molar-refractivity contribution is 5.92. The van der Waals surface area contributed by atoms with Crippen LogP contribution in [0.5, 0.6) is 5.75 Å². The Morgan fingerprint density at radius 2 is 1.88 bits per heavy atom. The molecule has 142 valence electrons. The largest absolute Gasteiger partial charge is 0.493 e. The first-order valence-electron chi connectivity index (χ1n) is 9.32. The van der Waals surface area contributed by atoms with Crippen LogP contribution >= 0.6 is 0 Å². The molecule has 2 rings (SSSR count). The Hall–Kier alpha value is -2.34. The van der Waals surface area contributed by atoms with E-state index in [0.717, 1.165) is 17.7 Å². The quantitative estimate of drug-likeness (QED) is 0.719. The lowest BCUT2D eigenvalue weighted by Crippen LogP contribution is -2.50. The number of piperazine rings is 1. The molecule has 0 radical (unpaired) electrons. The summed E-state index contributed by atoms with van der Waals surface area (Å²) in [7, 11) is 0. The van der Waals surface area contributed by atoms with Gasteiger partial charge in [0.25, 0.3) is 0 Å². The molecule has 6 nitrogen and oxygen atoms in total. The van der Waals surface area contributed by atoms with Crippen LogP contribution in [-0.2, 0) is 9.59 Å². The second-order valence-electron chi connectivity index (χ2n) is 6.26. The van der Waals surface area contributed by atoms with Crippen LogP contribution in [0.1, 0.15) is 25.8 Å². The number of rotatable bonds is 8. The van der Waals surface area contributed by atoms with E-state index in [1.807, 2.05) is 43.0 Å². The molecule has 6 heteroatoms. The Balaban J connectivity index is 1.82. The molecule has 0 saturated carbocycles. The number of carbonyl (C=O) groups excluding carboxylic acids is 2. The molecule has 1 aromatic carbocycles. The van der Waals surface area contributed by atoms with Crippen molar-refractivity contribution in [3.8, 4) is 5.75 Å². The van der Waals surface area contributed by atoms with Gasteiger partial charge in [-0.2, -0.15) is 0 Å². The van der Waals surface area contributed by atoms with E-state index >= 15 is 0 Å². The van der Waals surface area contributed by atoms with Crippen molar-refractivity contribution in [1.82, 2.24) is 15.1 Å². The predicted molar refractivity (Wildman–Crippen MR) is 103 cm³/mol. The van der Waals surface area contributed by atoms with E-state index in [2.05, 4.69) is 10.2 Å². The van der Waals surface area contributed by atoms with Gasteiger partial charge in [0.05, 0.1) is 13.2 Å². The molecule has 1 aromatic rings. The van der Waals surface area contributed by atoms with Gasteiger partial charge in [-0.3, -0.25) is 14.5 Å². The van der Waals surface area contributed by atoms with Crippen molar-refractivity contribution < 1.29 is 14.3 Å². The minimum Gasteiger partial charge on any atom is -0.493 e. The minimum atomic E-state index is -0.00798. The molecule has 0 aromatic heterocycles. The Kier molecular flexibility index (Phi) is 8.15. The van der Waals surface area contributed by atoms with Crippen LogP contribution in [0.2, 0.25) is 0 Å². The zero-order valence-electron chi connectivity index (χ0n) is 15.7. The topological polar surface area (TPSA) is 61.9 Å². The summed E-state index contributed by atoms with van der Waals surface area (Å²) in [6.45, 7) is 8.38. The highest BCUT2D eigenvalue weighted by atomic mass is 16.5. The third-order valence-corrected chi connectivity index (χ3v) is 4.25. The van der Waals surface area contributed by atoms with Crippen molar-refractivity contribution in [1.29, 1.82) is 0 Å². The molecule has 1 heterocycles. The summed E-state index contributed by atoms with van der Waals surface area (Å²) < 4.78 is 5.57. The van der Waals surface area contributed by atoms with Crippen LogP contribution < -0.4 is 10.1 Å². The van der Waals surface area contributed by atoms with Crippen molar-refractivity contribution in [2.75, 3.05) is 45.9 Å². The molecule has 1 aliphatic heterocycles. The Labute approximate surface area is 155 Å². The maximum absolute atomic E-state index is 12.4. The predicted octanol–water partition coefficient (Wildman–Crippen LogP) is 1.77.